The van der Waals surface area contributed by atoms with E-state index in [0.717, 1.165) is 9.75 Å². The first kappa shape index (κ1) is 12.8. The molecule has 0 aliphatic carbocycles. The Labute approximate surface area is 118 Å². The smallest absolute Gasteiger partial charge is 0.164 e. The van der Waals surface area contributed by atoms with E-state index in [1.165, 1.54) is 11.3 Å². The molecule has 0 spiro atoms. The molecular weight excluding hydrogens is 313 g/mol. The van der Waals surface area contributed by atoms with Crippen molar-refractivity contribution in [3.05, 3.63) is 34.7 Å². The van der Waals surface area contributed by atoms with E-state index in [0.29, 0.717) is 21.2 Å². The highest BCUT2D eigenvalue weighted by atomic mass is 32.1. The van der Waals surface area contributed by atoms with Gasteiger partial charge in [0.25, 0.3) is 0 Å². The molecule has 0 saturated heterocycles. The fraction of sp³-hybridized carbons (Fsp3) is 0.0909. The summed E-state index contributed by atoms with van der Waals surface area (Å²) < 4.78 is 37.4. The van der Waals surface area contributed by atoms with Gasteiger partial charge in [-0.25, -0.2) is 0 Å². The Balaban J connectivity index is 1.93. The molecule has 0 aromatic carbocycles. The molecule has 3 aromatic heterocycles. The van der Waals surface area contributed by atoms with Crippen LogP contribution in [0.2, 0.25) is 0 Å². The summed E-state index contributed by atoms with van der Waals surface area (Å²) in [6.07, 6.45) is -4.43. The van der Waals surface area contributed by atoms with E-state index in [-0.39, 0.29) is 0 Å². The Bertz CT molecular complexity index is 682. The molecule has 98 valence electrons. The molecule has 3 heterocycles. The average molecular weight is 318 g/mol. The molecule has 0 N–H and O–H groups in total. The number of halogens is 3. The van der Waals surface area contributed by atoms with Gasteiger partial charge in [-0.3, -0.25) is 0 Å². The zero-order chi connectivity index (χ0) is 13.5. The number of rotatable bonds is 2. The van der Waals surface area contributed by atoms with E-state index in [9.17, 15) is 13.2 Å². The highest BCUT2D eigenvalue weighted by Crippen LogP contribution is 2.40. The molecule has 8 heteroatoms. The number of nitrogens with zero attached hydrogens (tertiary/aromatic N) is 2. The quantitative estimate of drug-likeness (QED) is 0.663. The molecule has 0 saturated carbocycles. The molecule has 0 aliphatic heterocycles. The Kier molecular flexibility index (Phi) is 3.15. The van der Waals surface area contributed by atoms with Crippen molar-refractivity contribution in [3.8, 4) is 19.6 Å². The molecular formula is C11H5F3N2S3. The monoisotopic (exact) mass is 318 g/mol. The summed E-state index contributed by atoms with van der Waals surface area (Å²) in [6, 6.07) is 7.58. The van der Waals surface area contributed by atoms with Crippen molar-refractivity contribution in [2.24, 2.45) is 0 Å². The largest absolute Gasteiger partial charge is 0.445 e. The second-order valence-electron chi connectivity index (χ2n) is 3.55. The van der Waals surface area contributed by atoms with Crippen LogP contribution in [-0.4, -0.2) is 10.2 Å². The first-order valence-electron chi connectivity index (χ1n) is 5.09. The molecule has 0 amide bonds. The summed E-state index contributed by atoms with van der Waals surface area (Å²) in [5.74, 6) is 0. The van der Waals surface area contributed by atoms with Gasteiger partial charge in [0, 0.05) is 9.75 Å². The van der Waals surface area contributed by atoms with Crippen molar-refractivity contribution >= 4 is 34.0 Å². The standard InChI is InChI=1S/C11H5F3N2S3/c12-11(13,14)10-16-15-9(19-10)8-4-3-7(18-8)6-2-1-5-17-6/h1-5H. The fourth-order valence-corrected chi connectivity index (χ4v) is 4.04. The summed E-state index contributed by atoms with van der Waals surface area (Å²) >= 11 is 3.58. The van der Waals surface area contributed by atoms with Crippen molar-refractivity contribution in [1.29, 1.82) is 0 Å². The van der Waals surface area contributed by atoms with Gasteiger partial charge in [-0.05, 0) is 23.6 Å². The van der Waals surface area contributed by atoms with Crippen molar-refractivity contribution in [2.75, 3.05) is 0 Å². The van der Waals surface area contributed by atoms with Crippen molar-refractivity contribution in [3.63, 3.8) is 0 Å². The lowest BCUT2D eigenvalue weighted by molar-refractivity contribution is -0.138. The topological polar surface area (TPSA) is 25.8 Å². The van der Waals surface area contributed by atoms with Gasteiger partial charge in [-0.1, -0.05) is 17.4 Å². The minimum absolute atomic E-state index is 0.306. The molecule has 2 nitrogen and oxygen atoms in total. The molecule has 0 aliphatic rings. The third-order valence-electron chi connectivity index (χ3n) is 2.25. The number of hydrogen-bond acceptors (Lipinski definition) is 5. The van der Waals surface area contributed by atoms with Crippen LogP contribution < -0.4 is 0 Å². The van der Waals surface area contributed by atoms with Crippen LogP contribution in [0.5, 0.6) is 0 Å². The number of aromatic nitrogens is 2. The number of thiophene rings is 2. The Morgan fingerprint density at radius 2 is 1.68 bits per heavy atom. The summed E-state index contributed by atoms with van der Waals surface area (Å²) in [5, 5.41) is 8.16. The third-order valence-corrected chi connectivity index (χ3v) is 5.54. The zero-order valence-corrected chi connectivity index (χ0v) is 11.6. The maximum atomic E-state index is 12.5. The Hall–Kier alpha value is -1.25. The molecule has 0 fully saturated rings. The molecule has 19 heavy (non-hydrogen) atoms. The van der Waals surface area contributed by atoms with E-state index in [1.54, 1.807) is 17.4 Å². The van der Waals surface area contributed by atoms with Gasteiger partial charge in [-0.15, -0.1) is 32.9 Å². The minimum atomic E-state index is -4.43. The average Bonchev–Trinajstić information content (AvgIpc) is 3.10. The predicted molar refractivity (Wildman–Crippen MR) is 71.5 cm³/mol. The zero-order valence-electron chi connectivity index (χ0n) is 9.14. The van der Waals surface area contributed by atoms with Gasteiger partial charge in [0.15, 0.2) is 5.01 Å². The summed E-state index contributed by atoms with van der Waals surface area (Å²) in [7, 11) is 0. The fourth-order valence-electron chi connectivity index (χ4n) is 1.44. The van der Waals surface area contributed by atoms with E-state index in [4.69, 9.17) is 0 Å². The minimum Gasteiger partial charge on any atom is -0.164 e. The maximum absolute atomic E-state index is 12.5. The predicted octanol–water partition coefficient (Wildman–Crippen LogP) is 5.01. The van der Waals surface area contributed by atoms with Gasteiger partial charge in [0.1, 0.15) is 0 Å². The van der Waals surface area contributed by atoms with Crippen molar-refractivity contribution in [1.82, 2.24) is 10.2 Å². The summed E-state index contributed by atoms with van der Waals surface area (Å²) in [4.78, 5) is 2.82. The van der Waals surface area contributed by atoms with Crippen LogP contribution in [0.15, 0.2) is 29.6 Å². The van der Waals surface area contributed by atoms with Crippen LogP contribution in [0.3, 0.4) is 0 Å². The van der Waals surface area contributed by atoms with Crippen LogP contribution in [0.4, 0.5) is 13.2 Å². The molecule has 0 bridgehead atoms. The Morgan fingerprint density at radius 3 is 2.32 bits per heavy atom. The molecule has 3 aromatic rings. The first-order chi connectivity index (χ1) is 9.04. The van der Waals surface area contributed by atoms with Gasteiger partial charge >= 0.3 is 6.18 Å². The van der Waals surface area contributed by atoms with Gasteiger partial charge in [0.05, 0.1) is 4.88 Å². The molecule has 0 unspecified atom stereocenters. The van der Waals surface area contributed by atoms with E-state index in [1.807, 2.05) is 23.6 Å². The second kappa shape index (κ2) is 4.69. The lowest BCUT2D eigenvalue weighted by Crippen LogP contribution is -2.03. The third kappa shape index (κ3) is 2.56. The molecule has 0 radical (unpaired) electrons. The highest BCUT2D eigenvalue weighted by molar-refractivity contribution is 7.25. The van der Waals surface area contributed by atoms with E-state index >= 15 is 0 Å². The lowest BCUT2D eigenvalue weighted by atomic mass is 10.4. The Morgan fingerprint density at radius 1 is 0.895 bits per heavy atom. The number of alkyl halides is 3. The van der Waals surface area contributed by atoms with Crippen LogP contribution >= 0.6 is 34.0 Å². The summed E-state index contributed by atoms with van der Waals surface area (Å²) in [6.45, 7) is 0. The summed E-state index contributed by atoms with van der Waals surface area (Å²) in [5.41, 5.74) is 0. The normalized spacial score (nSPS) is 11.9. The van der Waals surface area contributed by atoms with Crippen LogP contribution in [-0.2, 0) is 6.18 Å². The van der Waals surface area contributed by atoms with Crippen LogP contribution in [0, 0.1) is 0 Å². The SMILES string of the molecule is FC(F)(F)c1nnc(-c2ccc(-c3cccs3)s2)s1. The van der Waals surface area contributed by atoms with E-state index < -0.39 is 11.2 Å². The lowest BCUT2D eigenvalue weighted by Gasteiger charge is -1.97. The highest BCUT2D eigenvalue weighted by Gasteiger charge is 2.35. The van der Waals surface area contributed by atoms with Gasteiger partial charge in [-0.2, -0.15) is 13.2 Å². The first-order valence-corrected chi connectivity index (χ1v) is 7.60. The molecule has 3 rings (SSSR count). The van der Waals surface area contributed by atoms with Crippen molar-refractivity contribution in [2.45, 2.75) is 6.18 Å². The van der Waals surface area contributed by atoms with Gasteiger partial charge < -0.3 is 0 Å². The van der Waals surface area contributed by atoms with E-state index in [2.05, 4.69) is 10.2 Å². The van der Waals surface area contributed by atoms with Crippen LogP contribution in [0.25, 0.3) is 19.6 Å². The second-order valence-corrected chi connectivity index (χ2v) is 6.56. The maximum Gasteiger partial charge on any atom is 0.445 e. The van der Waals surface area contributed by atoms with Crippen LogP contribution in [0.1, 0.15) is 5.01 Å². The number of hydrogen-bond donors (Lipinski definition) is 0. The van der Waals surface area contributed by atoms with Gasteiger partial charge in [0.2, 0.25) is 5.01 Å². The molecule has 0 atom stereocenters. The van der Waals surface area contributed by atoms with Crippen molar-refractivity contribution < 1.29 is 13.2 Å².